The number of piperidine rings is 1. The molecule has 1 aromatic rings. The number of carbonyl (C=O) groups excluding carboxylic acids is 1. The number of fused-ring (bicyclic) bond motifs is 1. The van der Waals surface area contributed by atoms with Gasteiger partial charge in [0.1, 0.15) is 0 Å². The summed E-state index contributed by atoms with van der Waals surface area (Å²) in [5, 5.41) is 10.7. The van der Waals surface area contributed by atoms with Crippen molar-refractivity contribution in [2.75, 3.05) is 13.1 Å². The third-order valence-corrected chi connectivity index (χ3v) is 4.17. The minimum absolute atomic E-state index is 0.234. The van der Waals surface area contributed by atoms with E-state index < -0.39 is 22.3 Å². The molecule has 1 aromatic carbocycles. The van der Waals surface area contributed by atoms with E-state index in [1.807, 2.05) is 0 Å². The first kappa shape index (κ1) is 12.5. The third kappa shape index (κ3) is 2.11. The molecule has 1 aliphatic carbocycles. The van der Waals surface area contributed by atoms with Crippen LogP contribution in [0.1, 0.15) is 16.8 Å². The Morgan fingerprint density at radius 2 is 2.05 bits per heavy atom. The Morgan fingerprint density at radius 1 is 1.42 bits per heavy atom. The second-order valence-corrected chi connectivity index (χ2v) is 5.93. The molecule has 100 valence electrons. The zero-order chi connectivity index (χ0) is 13.7. The number of nitro benzene ring substituents is 1. The SMILES string of the molecule is O=C(c1cc(Br)cc([N+](=O)[O-])c1F)N1CC2CC2C1. The summed E-state index contributed by atoms with van der Waals surface area (Å²) in [4.78, 5) is 23.7. The number of nitrogens with zero attached hydrogens (tertiary/aromatic N) is 2. The zero-order valence-corrected chi connectivity index (χ0v) is 11.4. The fraction of sp³-hybridized carbons (Fsp3) is 0.417. The van der Waals surface area contributed by atoms with Gasteiger partial charge in [0.15, 0.2) is 0 Å². The smallest absolute Gasteiger partial charge is 0.306 e. The van der Waals surface area contributed by atoms with Crippen molar-refractivity contribution < 1.29 is 14.1 Å². The van der Waals surface area contributed by atoms with E-state index in [4.69, 9.17) is 0 Å². The van der Waals surface area contributed by atoms with E-state index in [0.29, 0.717) is 29.4 Å². The summed E-state index contributed by atoms with van der Waals surface area (Å²) in [5.41, 5.74) is -0.913. The van der Waals surface area contributed by atoms with Crippen molar-refractivity contribution in [1.29, 1.82) is 0 Å². The molecule has 2 atom stereocenters. The van der Waals surface area contributed by atoms with Gasteiger partial charge in [-0.15, -0.1) is 0 Å². The highest BCUT2D eigenvalue weighted by molar-refractivity contribution is 9.10. The lowest BCUT2D eigenvalue weighted by atomic mass is 10.1. The van der Waals surface area contributed by atoms with Crippen molar-refractivity contribution in [3.05, 3.63) is 38.1 Å². The number of likely N-dealkylation sites (tertiary alicyclic amines) is 1. The predicted octanol–water partition coefficient (Wildman–Crippen LogP) is 2.59. The fourth-order valence-electron chi connectivity index (χ4n) is 2.60. The quantitative estimate of drug-likeness (QED) is 0.619. The van der Waals surface area contributed by atoms with Gasteiger partial charge in [0.05, 0.1) is 10.5 Å². The van der Waals surface area contributed by atoms with Gasteiger partial charge >= 0.3 is 5.69 Å². The first-order valence-electron chi connectivity index (χ1n) is 5.90. The van der Waals surface area contributed by atoms with Gasteiger partial charge in [-0.05, 0) is 24.3 Å². The average molecular weight is 329 g/mol. The van der Waals surface area contributed by atoms with E-state index in [1.165, 1.54) is 6.07 Å². The topological polar surface area (TPSA) is 63.4 Å². The van der Waals surface area contributed by atoms with E-state index >= 15 is 0 Å². The van der Waals surface area contributed by atoms with Gasteiger partial charge in [0.25, 0.3) is 5.91 Å². The molecule has 0 aromatic heterocycles. The number of hydrogen-bond donors (Lipinski definition) is 0. The van der Waals surface area contributed by atoms with Crippen LogP contribution in [-0.2, 0) is 0 Å². The Hall–Kier alpha value is -1.50. The molecule has 1 aliphatic heterocycles. The van der Waals surface area contributed by atoms with Crippen LogP contribution in [0.15, 0.2) is 16.6 Å². The van der Waals surface area contributed by atoms with Crippen LogP contribution in [0.5, 0.6) is 0 Å². The number of benzene rings is 1. The van der Waals surface area contributed by atoms with Crippen molar-refractivity contribution >= 4 is 27.5 Å². The van der Waals surface area contributed by atoms with Gasteiger partial charge < -0.3 is 4.90 Å². The van der Waals surface area contributed by atoms with Crippen LogP contribution >= 0.6 is 15.9 Å². The van der Waals surface area contributed by atoms with E-state index in [9.17, 15) is 19.3 Å². The highest BCUT2D eigenvalue weighted by atomic mass is 79.9. The second kappa shape index (κ2) is 4.26. The number of amides is 1. The maximum absolute atomic E-state index is 14.0. The maximum Gasteiger partial charge on any atom is 0.306 e. The molecule has 3 rings (SSSR count). The van der Waals surface area contributed by atoms with Gasteiger partial charge in [-0.2, -0.15) is 4.39 Å². The third-order valence-electron chi connectivity index (χ3n) is 3.71. The van der Waals surface area contributed by atoms with Crippen LogP contribution in [0.2, 0.25) is 0 Å². The standard InChI is InChI=1S/C12H10BrFN2O3/c13-8-2-9(11(14)10(3-8)16(18)19)12(17)15-4-6-1-7(6)5-15/h2-3,6-7H,1,4-5H2. The van der Waals surface area contributed by atoms with Crippen LogP contribution in [0.25, 0.3) is 0 Å². The predicted molar refractivity (Wildman–Crippen MR) is 68.3 cm³/mol. The lowest BCUT2D eigenvalue weighted by molar-refractivity contribution is -0.387. The Balaban J connectivity index is 1.95. The van der Waals surface area contributed by atoms with Gasteiger partial charge in [-0.25, -0.2) is 0 Å². The molecule has 1 saturated carbocycles. The minimum Gasteiger partial charge on any atom is -0.338 e. The van der Waals surface area contributed by atoms with Crippen molar-refractivity contribution in [2.24, 2.45) is 11.8 Å². The number of halogens is 2. The first-order valence-corrected chi connectivity index (χ1v) is 6.69. The van der Waals surface area contributed by atoms with Gasteiger partial charge in [0, 0.05) is 23.6 Å². The molecule has 0 bridgehead atoms. The summed E-state index contributed by atoms with van der Waals surface area (Å²) >= 11 is 3.07. The molecule has 7 heteroatoms. The molecular formula is C12H10BrFN2O3. The van der Waals surface area contributed by atoms with Crippen LogP contribution in [-0.4, -0.2) is 28.8 Å². The molecule has 2 fully saturated rings. The summed E-state index contributed by atoms with van der Waals surface area (Å²) in [5.74, 6) is -0.448. The van der Waals surface area contributed by atoms with Gasteiger partial charge in [-0.1, -0.05) is 15.9 Å². The van der Waals surface area contributed by atoms with Crippen LogP contribution in [0.4, 0.5) is 10.1 Å². The number of carbonyl (C=O) groups is 1. The lowest BCUT2D eigenvalue weighted by Crippen LogP contribution is -2.31. The van der Waals surface area contributed by atoms with Crippen molar-refractivity contribution in [3.8, 4) is 0 Å². The summed E-state index contributed by atoms with van der Waals surface area (Å²) in [6.07, 6.45) is 1.13. The summed E-state index contributed by atoms with van der Waals surface area (Å²) in [6.45, 7) is 1.26. The molecule has 2 aliphatic rings. The Bertz CT molecular complexity index is 583. The Kier molecular flexibility index (Phi) is 2.81. The van der Waals surface area contributed by atoms with Crippen LogP contribution in [0, 0.1) is 27.8 Å². The van der Waals surface area contributed by atoms with E-state index in [2.05, 4.69) is 15.9 Å². The van der Waals surface area contributed by atoms with Crippen LogP contribution < -0.4 is 0 Å². The molecule has 1 amide bonds. The maximum atomic E-state index is 14.0. The number of hydrogen-bond acceptors (Lipinski definition) is 3. The zero-order valence-electron chi connectivity index (χ0n) is 9.81. The molecule has 2 unspecified atom stereocenters. The molecule has 0 N–H and O–H groups in total. The van der Waals surface area contributed by atoms with E-state index in [0.717, 1.165) is 12.5 Å². The number of nitro groups is 1. The monoisotopic (exact) mass is 328 g/mol. The average Bonchev–Trinajstić information content (AvgIpc) is 2.97. The molecule has 19 heavy (non-hydrogen) atoms. The highest BCUT2D eigenvalue weighted by Crippen LogP contribution is 2.45. The van der Waals surface area contributed by atoms with E-state index in [-0.39, 0.29) is 5.56 Å². The summed E-state index contributed by atoms with van der Waals surface area (Å²) in [6, 6.07) is 2.36. The van der Waals surface area contributed by atoms with Gasteiger partial charge in [0.2, 0.25) is 5.82 Å². The molecule has 5 nitrogen and oxygen atoms in total. The summed E-state index contributed by atoms with van der Waals surface area (Å²) < 4.78 is 14.3. The number of rotatable bonds is 2. The summed E-state index contributed by atoms with van der Waals surface area (Å²) in [7, 11) is 0. The van der Waals surface area contributed by atoms with Crippen molar-refractivity contribution in [3.63, 3.8) is 0 Å². The molecule has 0 radical (unpaired) electrons. The van der Waals surface area contributed by atoms with Gasteiger partial charge in [-0.3, -0.25) is 14.9 Å². The normalized spacial score (nSPS) is 24.2. The molecular weight excluding hydrogens is 319 g/mol. The molecule has 0 spiro atoms. The van der Waals surface area contributed by atoms with Crippen LogP contribution in [0.3, 0.4) is 0 Å². The molecule has 1 heterocycles. The van der Waals surface area contributed by atoms with E-state index in [1.54, 1.807) is 4.90 Å². The largest absolute Gasteiger partial charge is 0.338 e. The Morgan fingerprint density at radius 3 is 2.63 bits per heavy atom. The second-order valence-electron chi connectivity index (χ2n) is 5.01. The van der Waals surface area contributed by atoms with Crippen molar-refractivity contribution in [2.45, 2.75) is 6.42 Å². The molecule has 1 saturated heterocycles. The highest BCUT2D eigenvalue weighted by Gasteiger charge is 2.47. The minimum atomic E-state index is -1.06. The lowest BCUT2D eigenvalue weighted by Gasteiger charge is -2.18. The first-order chi connectivity index (χ1) is 8.97. The fourth-order valence-corrected chi connectivity index (χ4v) is 3.04. The Labute approximate surface area is 116 Å². The van der Waals surface area contributed by atoms with Crippen molar-refractivity contribution in [1.82, 2.24) is 4.90 Å².